The Morgan fingerprint density at radius 1 is 1.13 bits per heavy atom. The Morgan fingerprint density at radius 2 is 1.70 bits per heavy atom. The van der Waals surface area contributed by atoms with Crippen LogP contribution in [0, 0.1) is 5.92 Å². The highest BCUT2D eigenvalue weighted by Gasteiger charge is 2.32. The van der Waals surface area contributed by atoms with Gasteiger partial charge in [-0.05, 0) is 30.5 Å². The quantitative estimate of drug-likeness (QED) is 0.713. The lowest BCUT2D eigenvalue weighted by Crippen LogP contribution is -2.47. The normalized spacial score (nSPS) is 13.3. The Labute approximate surface area is 136 Å². The summed E-state index contributed by atoms with van der Waals surface area (Å²) in [6, 6.07) is 5.48. The highest BCUT2D eigenvalue weighted by Crippen LogP contribution is 2.21. The summed E-state index contributed by atoms with van der Waals surface area (Å²) < 4.78 is 9.77. The average molecular weight is 323 g/mol. The first-order valence-corrected chi connectivity index (χ1v) is 7.68. The Morgan fingerprint density at radius 3 is 2.13 bits per heavy atom. The molecule has 0 heterocycles. The van der Waals surface area contributed by atoms with Crippen molar-refractivity contribution in [1.82, 2.24) is 5.32 Å². The third kappa shape index (κ3) is 4.96. The second kappa shape index (κ2) is 9.15. The molecule has 0 saturated carbocycles. The fraction of sp³-hybridized carbons (Fsp3) is 0.529. The molecule has 6 nitrogen and oxygen atoms in total. The lowest BCUT2D eigenvalue weighted by molar-refractivity contribution is -0.149. The molecule has 2 atom stereocenters. The van der Waals surface area contributed by atoms with E-state index in [9.17, 15) is 14.7 Å². The van der Waals surface area contributed by atoms with Crippen LogP contribution in [-0.2, 0) is 14.3 Å². The zero-order valence-electron chi connectivity index (χ0n) is 14.0. The smallest absolute Gasteiger partial charge is 0.331 e. The molecule has 128 valence electrons. The fourth-order valence-corrected chi connectivity index (χ4v) is 2.32. The highest BCUT2D eigenvalue weighted by atomic mass is 16.5. The SMILES string of the molecule is CCC(CC)C(=O)NC(C(=O)OC)C(O)c1ccc(OC)cc1. The van der Waals surface area contributed by atoms with Gasteiger partial charge in [0, 0.05) is 5.92 Å². The molecular weight excluding hydrogens is 298 g/mol. The molecule has 0 spiro atoms. The molecule has 1 amide bonds. The first-order valence-electron chi connectivity index (χ1n) is 7.68. The zero-order chi connectivity index (χ0) is 17.4. The van der Waals surface area contributed by atoms with Crippen molar-refractivity contribution in [3.63, 3.8) is 0 Å². The maximum atomic E-state index is 12.2. The molecule has 2 unspecified atom stereocenters. The van der Waals surface area contributed by atoms with Crippen molar-refractivity contribution >= 4 is 11.9 Å². The van der Waals surface area contributed by atoms with Gasteiger partial charge in [-0.15, -0.1) is 0 Å². The van der Waals surface area contributed by atoms with E-state index in [2.05, 4.69) is 5.32 Å². The predicted molar refractivity (Wildman–Crippen MR) is 86.0 cm³/mol. The standard InChI is InChI=1S/C17H25NO5/c1-5-11(6-2)16(20)18-14(17(21)23-4)15(19)12-7-9-13(22-3)10-8-12/h7-11,14-15,19H,5-6H2,1-4H3,(H,18,20). The number of carbonyl (C=O) groups excluding carboxylic acids is 2. The van der Waals surface area contributed by atoms with E-state index in [0.717, 1.165) is 0 Å². The van der Waals surface area contributed by atoms with E-state index in [-0.39, 0.29) is 11.8 Å². The Kier molecular flexibility index (Phi) is 7.54. The predicted octanol–water partition coefficient (Wildman–Crippen LogP) is 1.82. The van der Waals surface area contributed by atoms with Crippen molar-refractivity contribution in [3.05, 3.63) is 29.8 Å². The molecular formula is C17H25NO5. The van der Waals surface area contributed by atoms with Gasteiger partial charge in [0.2, 0.25) is 5.91 Å². The van der Waals surface area contributed by atoms with Crippen LogP contribution in [0.5, 0.6) is 5.75 Å². The number of nitrogens with one attached hydrogen (secondary N) is 1. The molecule has 0 radical (unpaired) electrons. The Hall–Kier alpha value is -2.08. The van der Waals surface area contributed by atoms with Gasteiger partial charge < -0.3 is 19.9 Å². The summed E-state index contributed by atoms with van der Waals surface area (Å²) in [5.74, 6) is -0.521. The van der Waals surface area contributed by atoms with Crippen molar-refractivity contribution in [3.8, 4) is 5.75 Å². The summed E-state index contributed by atoms with van der Waals surface area (Å²) in [5.41, 5.74) is 0.492. The molecule has 0 fully saturated rings. The van der Waals surface area contributed by atoms with E-state index >= 15 is 0 Å². The number of amides is 1. The summed E-state index contributed by atoms with van der Waals surface area (Å²) in [7, 11) is 2.76. The van der Waals surface area contributed by atoms with Crippen LogP contribution in [0.1, 0.15) is 38.4 Å². The maximum absolute atomic E-state index is 12.2. The molecule has 1 aromatic rings. The van der Waals surface area contributed by atoms with Crippen molar-refractivity contribution in [2.24, 2.45) is 5.92 Å². The van der Waals surface area contributed by atoms with Gasteiger partial charge >= 0.3 is 5.97 Å². The second-order valence-corrected chi connectivity index (χ2v) is 5.24. The third-order valence-corrected chi connectivity index (χ3v) is 3.88. The molecule has 0 bridgehead atoms. The topological polar surface area (TPSA) is 84.9 Å². The number of rotatable bonds is 8. The summed E-state index contributed by atoms with van der Waals surface area (Å²) in [4.78, 5) is 24.2. The molecule has 1 aromatic carbocycles. The summed E-state index contributed by atoms with van der Waals surface area (Å²) in [6.45, 7) is 3.81. The molecule has 6 heteroatoms. The Bertz CT molecular complexity index is 510. The number of hydrogen-bond acceptors (Lipinski definition) is 5. The summed E-state index contributed by atoms with van der Waals surface area (Å²) in [5, 5.41) is 13.1. The molecule has 0 saturated heterocycles. The van der Waals surface area contributed by atoms with Gasteiger partial charge in [-0.1, -0.05) is 26.0 Å². The van der Waals surface area contributed by atoms with E-state index < -0.39 is 18.1 Å². The average Bonchev–Trinajstić information content (AvgIpc) is 2.59. The van der Waals surface area contributed by atoms with Crippen LogP contribution >= 0.6 is 0 Å². The number of carbonyl (C=O) groups is 2. The van der Waals surface area contributed by atoms with Crippen molar-refractivity contribution in [2.75, 3.05) is 14.2 Å². The molecule has 2 N–H and O–H groups in total. The minimum Gasteiger partial charge on any atom is -0.497 e. The van der Waals surface area contributed by atoms with E-state index in [0.29, 0.717) is 24.2 Å². The maximum Gasteiger partial charge on any atom is 0.331 e. The van der Waals surface area contributed by atoms with Gasteiger partial charge in [-0.3, -0.25) is 4.79 Å². The van der Waals surface area contributed by atoms with Crippen LogP contribution in [-0.4, -0.2) is 37.2 Å². The van der Waals surface area contributed by atoms with Crippen molar-refractivity contribution < 1.29 is 24.2 Å². The second-order valence-electron chi connectivity index (χ2n) is 5.24. The number of hydrogen-bond donors (Lipinski definition) is 2. The minimum absolute atomic E-state index is 0.203. The van der Waals surface area contributed by atoms with E-state index in [4.69, 9.17) is 9.47 Å². The number of ether oxygens (including phenoxy) is 2. The van der Waals surface area contributed by atoms with Gasteiger partial charge in [0.25, 0.3) is 0 Å². The molecule has 0 aromatic heterocycles. The number of benzene rings is 1. The molecule has 23 heavy (non-hydrogen) atoms. The number of methoxy groups -OCH3 is 2. The van der Waals surface area contributed by atoms with Gasteiger partial charge in [-0.2, -0.15) is 0 Å². The largest absolute Gasteiger partial charge is 0.497 e. The number of aliphatic hydroxyl groups is 1. The lowest BCUT2D eigenvalue weighted by atomic mass is 9.99. The minimum atomic E-state index is -1.20. The van der Waals surface area contributed by atoms with Gasteiger partial charge in [0.05, 0.1) is 14.2 Å². The van der Waals surface area contributed by atoms with Crippen LogP contribution in [0.15, 0.2) is 24.3 Å². The van der Waals surface area contributed by atoms with Crippen LogP contribution in [0.3, 0.4) is 0 Å². The van der Waals surface area contributed by atoms with Crippen molar-refractivity contribution in [1.29, 1.82) is 0 Å². The first-order chi connectivity index (χ1) is 11.0. The Balaban J connectivity index is 2.95. The summed E-state index contributed by atoms with van der Waals surface area (Å²) >= 11 is 0. The van der Waals surface area contributed by atoms with Gasteiger partial charge in [-0.25, -0.2) is 4.79 Å². The first kappa shape index (κ1) is 19.0. The zero-order valence-corrected chi connectivity index (χ0v) is 14.0. The van der Waals surface area contributed by atoms with Gasteiger partial charge in [0.15, 0.2) is 6.04 Å². The van der Waals surface area contributed by atoms with Crippen LogP contribution in [0.4, 0.5) is 0 Å². The fourth-order valence-electron chi connectivity index (χ4n) is 2.32. The third-order valence-electron chi connectivity index (χ3n) is 3.88. The molecule has 0 aliphatic rings. The monoisotopic (exact) mass is 323 g/mol. The molecule has 0 aliphatic heterocycles. The molecule has 1 rings (SSSR count). The van der Waals surface area contributed by atoms with E-state index in [1.165, 1.54) is 7.11 Å². The van der Waals surface area contributed by atoms with Crippen LogP contribution in [0.25, 0.3) is 0 Å². The van der Waals surface area contributed by atoms with E-state index in [1.807, 2.05) is 13.8 Å². The summed E-state index contributed by atoms with van der Waals surface area (Å²) in [6.07, 6.45) is 0.121. The van der Waals surface area contributed by atoms with Crippen molar-refractivity contribution in [2.45, 2.75) is 38.8 Å². The highest BCUT2D eigenvalue weighted by molar-refractivity contribution is 5.86. The molecule has 0 aliphatic carbocycles. The van der Waals surface area contributed by atoms with Crippen LogP contribution < -0.4 is 10.1 Å². The van der Waals surface area contributed by atoms with E-state index in [1.54, 1.807) is 31.4 Å². The number of aliphatic hydroxyl groups excluding tert-OH is 1. The number of esters is 1. The van der Waals surface area contributed by atoms with Gasteiger partial charge in [0.1, 0.15) is 11.9 Å². The van der Waals surface area contributed by atoms with Crippen LogP contribution in [0.2, 0.25) is 0 Å². The lowest BCUT2D eigenvalue weighted by Gasteiger charge is -2.24.